The molecule has 0 bridgehead atoms. The summed E-state index contributed by atoms with van der Waals surface area (Å²) in [6.45, 7) is 4.30. The lowest BCUT2D eigenvalue weighted by Gasteiger charge is -2.18. The Labute approximate surface area is 196 Å². The first kappa shape index (κ1) is 23.2. The number of benzene rings is 3. The van der Waals surface area contributed by atoms with Crippen molar-refractivity contribution in [2.75, 3.05) is 12.8 Å². The summed E-state index contributed by atoms with van der Waals surface area (Å²) in [5.41, 5.74) is 5.71. The maximum Gasteiger partial charge on any atom is 0.222 e. The second kappa shape index (κ2) is 9.89. The summed E-state index contributed by atoms with van der Waals surface area (Å²) < 4.78 is 23.4. The highest BCUT2D eigenvalue weighted by Crippen LogP contribution is 2.26. The highest BCUT2D eigenvalue weighted by molar-refractivity contribution is 7.90. The van der Waals surface area contributed by atoms with E-state index in [0.29, 0.717) is 24.4 Å². The van der Waals surface area contributed by atoms with Gasteiger partial charge in [-0.15, -0.1) is 0 Å². The van der Waals surface area contributed by atoms with Crippen LogP contribution in [0.4, 0.5) is 0 Å². The average molecular weight is 463 g/mol. The van der Waals surface area contributed by atoms with Crippen LogP contribution in [0.1, 0.15) is 42.5 Å². The largest absolute Gasteiger partial charge is 0.338 e. The summed E-state index contributed by atoms with van der Waals surface area (Å²) in [4.78, 5) is 14.2. The Morgan fingerprint density at radius 2 is 1.67 bits per heavy atom. The van der Waals surface area contributed by atoms with E-state index in [2.05, 4.69) is 48.6 Å². The van der Waals surface area contributed by atoms with E-state index in [9.17, 15) is 13.2 Å². The molecule has 3 aromatic rings. The van der Waals surface area contributed by atoms with E-state index in [1.807, 2.05) is 29.2 Å². The lowest BCUT2D eigenvalue weighted by molar-refractivity contribution is -0.128. The first-order chi connectivity index (χ1) is 15.8. The zero-order valence-electron chi connectivity index (χ0n) is 19.1. The molecule has 1 heterocycles. The molecule has 0 spiro atoms. The Hall–Kier alpha value is -2.96. The van der Waals surface area contributed by atoms with E-state index < -0.39 is 9.84 Å². The van der Waals surface area contributed by atoms with Crippen molar-refractivity contribution >= 4 is 15.7 Å². The third kappa shape index (κ3) is 5.70. The van der Waals surface area contributed by atoms with Gasteiger partial charge in [0, 0.05) is 38.4 Å². The van der Waals surface area contributed by atoms with Crippen LogP contribution < -0.4 is 5.32 Å². The van der Waals surface area contributed by atoms with Crippen LogP contribution in [0.2, 0.25) is 0 Å². The van der Waals surface area contributed by atoms with Gasteiger partial charge in [-0.25, -0.2) is 8.42 Å². The molecule has 1 fully saturated rings. The molecule has 0 aromatic heterocycles. The third-order valence-electron chi connectivity index (χ3n) is 6.23. The monoisotopic (exact) mass is 462 g/mol. The van der Waals surface area contributed by atoms with Crippen LogP contribution in [0, 0.1) is 0 Å². The first-order valence-electron chi connectivity index (χ1n) is 11.3. The summed E-state index contributed by atoms with van der Waals surface area (Å²) in [6, 6.07) is 23.9. The Bertz CT molecular complexity index is 1220. The summed E-state index contributed by atoms with van der Waals surface area (Å²) in [5.74, 6) is 0.246. The van der Waals surface area contributed by atoms with Crippen molar-refractivity contribution in [3.63, 3.8) is 0 Å². The van der Waals surface area contributed by atoms with Gasteiger partial charge in [-0.1, -0.05) is 60.7 Å². The molecule has 5 nitrogen and oxygen atoms in total. The van der Waals surface area contributed by atoms with Crippen LogP contribution in [-0.2, 0) is 27.7 Å². The quantitative estimate of drug-likeness (QED) is 0.526. The molecule has 4 rings (SSSR count). The van der Waals surface area contributed by atoms with Gasteiger partial charge in [0.1, 0.15) is 0 Å². The fourth-order valence-electron chi connectivity index (χ4n) is 4.22. The van der Waals surface area contributed by atoms with Crippen LogP contribution in [0.15, 0.2) is 77.7 Å². The predicted molar refractivity (Wildman–Crippen MR) is 131 cm³/mol. The van der Waals surface area contributed by atoms with E-state index in [-0.39, 0.29) is 11.9 Å². The second-order valence-electron chi connectivity index (χ2n) is 8.72. The van der Waals surface area contributed by atoms with Gasteiger partial charge in [-0.2, -0.15) is 0 Å². The molecular weight excluding hydrogens is 432 g/mol. The molecule has 1 N–H and O–H groups in total. The number of sulfone groups is 1. The normalized spacial score (nSPS) is 15.1. The van der Waals surface area contributed by atoms with E-state index in [1.54, 1.807) is 12.1 Å². The van der Waals surface area contributed by atoms with Crippen molar-refractivity contribution in [1.29, 1.82) is 0 Å². The van der Waals surface area contributed by atoms with Crippen molar-refractivity contribution in [3.05, 3.63) is 89.5 Å². The van der Waals surface area contributed by atoms with Crippen molar-refractivity contribution in [1.82, 2.24) is 10.2 Å². The molecule has 1 atom stereocenters. The SMILES string of the molecule is CC(NCc1ccccc1-c1ccc(CN2CCCC2=O)cc1)c1ccc(S(C)(=O)=O)cc1. The summed E-state index contributed by atoms with van der Waals surface area (Å²) in [7, 11) is -3.19. The van der Waals surface area contributed by atoms with E-state index in [1.165, 1.54) is 17.4 Å². The van der Waals surface area contributed by atoms with Crippen LogP contribution in [0.3, 0.4) is 0 Å². The Morgan fingerprint density at radius 3 is 2.30 bits per heavy atom. The van der Waals surface area contributed by atoms with Gasteiger partial charge in [0.2, 0.25) is 5.91 Å². The van der Waals surface area contributed by atoms with E-state index in [4.69, 9.17) is 0 Å². The maximum absolute atomic E-state index is 11.9. The van der Waals surface area contributed by atoms with Crippen molar-refractivity contribution in [2.24, 2.45) is 0 Å². The molecular formula is C27H30N2O3S. The minimum Gasteiger partial charge on any atom is -0.338 e. The van der Waals surface area contributed by atoms with Gasteiger partial charge >= 0.3 is 0 Å². The number of carbonyl (C=O) groups is 1. The summed E-state index contributed by atoms with van der Waals surface area (Å²) >= 11 is 0. The Balaban J connectivity index is 1.43. The molecule has 1 aliphatic rings. The fraction of sp³-hybridized carbons (Fsp3) is 0.296. The highest BCUT2D eigenvalue weighted by atomic mass is 32.2. The number of hydrogen-bond acceptors (Lipinski definition) is 4. The third-order valence-corrected chi connectivity index (χ3v) is 7.36. The van der Waals surface area contributed by atoms with Crippen LogP contribution in [-0.4, -0.2) is 32.0 Å². The smallest absolute Gasteiger partial charge is 0.222 e. The van der Waals surface area contributed by atoms with Crippen molar-refractivity contribution in [2.45, 2.75) is 43.8 Å². The van der Waals surface area contributed by atoms with Crippen molar-refractivity contribution < 1.29 is 13.2 Å². The van der Waals surface area contributed by atoms with Gasteiger partial charge in [0.25, 0.3) is 0 Å². The lowest BCUT2D eigenvalue weighted by atomic mass is 9.98. The number of likely N-dealkylation sites (tertiary alicyclic amines) is 1. The van der Waals surface area contributed by atoms with Crippen LogP contribution in [0.5, 0.6) is 0 Å². The molecule has 1 saturated heterocycles. The van der Waals surface area contributed by atoms with Crippen LogP contribution in [0.25, 0.3) is 11.1 Å². The molecule has 33 heavy (non-hydrogen) atoms. The first-order valence-corrected chi connectivity index (χ1v) is 13.2. The molecule has 6 heteroatoms. The number of hydrogen-bond donors (Lipinski definition) is 1. The number of rotatable bonds is 8. The minimum atomic E-state index is -3.19. The molecule has 1 unspecified atom stereocenters. The Morgan fingerprint density at radius 1 is 0.970 bits per heavy atom. The Kier molecular flexibility index (Phi) is 6.96. The minimum absolute atomic E-state index is 0.0760. The molecule has 1 amide bonds. The number of nitrogens with zero attached hydrogens (tertiary/aromatic N) is 1. The number of nitrogens with one attached hydrogen (secondary N) is 1. The number of carbonyl (C=O) groups excluding carboxylic acids is 1. The van der Waals surface area contributed by atoms with E-state index in [0.717, 1.165) is 29.7 Å². The van der Waals surface area contributed by atoms with Crippen molar-refractivity contribution in [3.8, 4) is 11.1 Å². The van der Waals surface area contributed by atoms with Gasteiger partial charge < -0.3 is 10.2 Å². The average Bonchev–Trinajstić information content (AvgIpc) is 3.22. The van der Waals surface area contributed by atoms with E-state index >= 15 is 0 Å². The summed E-state index contributed by atoms with van der Waals surface area (Å²) in [6.07, 6.45) is 2.84. The zero-order chi connectivity index (χ0) is 23.4. The second-order valence-corrected chi connectivity index (χ2v) is 10.7. The highest BCUT2D eigenvalue weighted by Gasteiger charge is 2.20. The molecule has 1 aliphatic heterocycles. The molecule has 0 aliphatic carbocycles. The van der Waals surface area contributed by atoms with Gasteiger partial charge in [0.15, 0.2) is 9.84 Å². The fourth-order valence-corrected chi connectivity index (χ4v) is 4.85. The van der Waals surface area contributed by atoms with Gasteiger partial charge in [-0.05, 0) is 53.3 Å². The molecule has 0 radical (unpaired) electrons. The summed E-state index contributed by atoms with van der Waals surface area (Å²) in [5, 5.41) is 3.55. The maximum atomic E-state index is 11.9. The standard InChI is InChI=1S/C27H30N2O3S/c1-20(22-13-15-25(16-14-22)33(2,31)32)28-18-24-6-3-4-7-26(24)23-11-9-21(10-12-23)19-29-17-5-8-27(29)30/h3-4,6-7,9-16,20,28H,5,8,17-19H2,1-2H3. The molecule has 3 aromatic carbocycles. The topological polar surface area (TPSA) is 66.5 Å². The number of amides is 1. The van der Waals surface area contributed by atoms with Crippen LogP contribution >= 0.6 is 0 Å². The molecule has 0 saturated carbocycles. The molecule has 172 valence electrons. The zero-order valence-corrected chi connectivity index (χ0v) is 19.9. The predicted octanol–water partition coefficient (Wildman–Crippen LogP) is 4.73. The lowest BCUT2D eigenvalue weighted by Crippen LogP contribution is -2.23. The van der Waals surface area contributed by atoms with Gasteiger partial charge in [0.05, 0.1) is 4.90 Å². The van der Waals surface area contributed by atoms with Gasteiger partial charge in [-0.3, -0.25) is 4.79 Å².